The smallest absolute Gasteiger partial charge is 0.407 e. The van der Waals surface area contributed by atoms with Gasteiger partial charge in [0, 0.05) is 24.4 Å². The van der Waals surface area contributed by atoms with Crippen LogP contribution in [-0.2, 0) is 14.6 Å². The Kier molecular flexibility index (Phi) is 9.00. The topological polar surface area (TPSA) is 84.5 Å². The second kappa shape index (κ2) is 9.35. The van der Waals surface area contributed by atoms with Crippen LogP contribution in [0.25, 0.3) is 0 Å². The van der Waals surface area contributed by atoms with Crippen molar-refractivity contribution < 1.29 is 17.9 Å². The Morgan fingerprint density at radius 3 is 2.27 bits per heavy atom. The lowest BCUT2D eigenvalue weighted by Gasteiger charge is -2.25. The molecule has 0 fully saturated rings. The molecule has 0 aliphatic carbocycles. The molecule has 0 spiro atoms. The van der Waals surface area contributed by atoms with Crippen LogP contribution in [0.4, 0.5) is 4.79 Å². The van der Waals surface area contributed by atoms with Crippen LogP contribution < -0.4 is 10.6 Å². The maximum Gasteiger partial charge on any atom is 0.407 e. The summed E-state index contributed by atoms with van der Waals surface area (Å²) in [7, 11) is -3.01. The van der Waals surface area contributed by atoms with E-state index in [4.69, 9.17) is 4.74 Å². The highest BCUT2D eigenvalue weighted by molar-refractivity contribution is 7.91. The van der Waals surface area contributed by atoms with Crippen LogP contribution in [0.3, 0.4) is 0 Å². The lowest BCUT2D eigenvalue weighted by molar-refractivity contribution is 0.0521. The lowest BCUT2D eigenvalue weighted by Crippen LogP contribution is -2.47. The fourth-order valence-electron chi connectivity index (χ4n) is 2.06. The molecular formula is C15H32N2O4S. The summed E-state index contributed by atoms with van der Waals surface area (Å²) in [5.41, 5.74) is -0.528. The Labute approximate surface area is 135 Å². The molecule has 7 heteroatoms. The van der Waals surface area contributed by atoms with Crippen molar-refractivity contribution in [1.82, 2.24) is 10.6 Å². The zero-order valence-corrected chi connectivity index (χ0v) is 15.5. The van der Waals surface area contributed by atoms with E-state index in [1.807, 2.05) is 27.7 Å². The Bertz CT molecular complexity index is 429. The van der Waals surface area contributed by atoms with Crippen molar-refractivity contribution in [3.63, 3.8) is 0 Å². The van der Waals surface area contributed by atoms with E-state index < -0.39 is 21.5 Å². The first-order valence-electron chi connectivity index (χ1n) is 7.92. The molecule has 0 radical (unpaired) electrons. The van der Waals surface area contributed by atoms with Crippen molar-refractivity contribution in [3.05, 3.63) is 0 Å². The Hall–Kier alpha value is -0.820. The highest BCUT2D eigenvalue weighted by Crippen LogP contribution is 2.07. The minimum atomic E-state index is -3.01. The first-order chi connectivity index (χ1) is 9.99. The van der Waals surface area contributed by atoms with Crippen LogP contribution in [0, 0.1) is 0 Å². The van der Waals surface area contributed by atoms with Crippen molar-refractivity contribution in [2.75, 3.05) is 18.1 Å². The molecule has 0 bridgehead atoms. The summed E-state index contributed by atoms with van der Waals surface area (Å²) < 4.78 is 28.5. The number of carbonyl (C=O) groups excluding carboxylic acids is 1. The van der Waals surface area contributed by atoms with Gasteiger partial charge in [0.25, 0.3) is 0 Å². The van der Waals surface area contributed by atoms with E-state index in [0.29, 0.717) is 6.54 Å². The van der Waals surface area contributed by atoms with Gasteiger partial charge in [-0.15, -0.1) is 0 Å². The van der Waals surface area contributed by atoms with Crippen LogP contribution in [0.2, 0.25) is 0 Å². The number of rotatable bonds is 9. The van der Waals surface area contributed by atoms with Gasteiger partial charge in [-0.25, -0.2) is 13.2 Å². The predicted octanol–water partition coefficient (Wildman–Crippen LogP) is 2.09. The minimum absolute atomic E-state index is 0.0274. The molecule has 132 valence electrons. The van der Waals surface area contributed by atoms with E-state index >= 15 is 0 Å². The first kappa shape index (κ1) is 21.2. The predicted molar refractivity (Wildman–Crippen MR) is 89.9 cm³/mol. The first-order valence-corrected chi connectivity index (χ1v) is 9.74. The lowest BCUT2D eigenvalue weighted by atomic mass is 10.1. The van der Waals surface area contributed by atoms with Gasteiger partial charge in [-0.05, 0) is 34.1 Å². The normalized spacial score (nSPS) is 15.2. The molecule has 0 saturated heterocycles. The van der Waals surface area contributed by atoms with Crippen LogP contribution in [0.15, 0.2) is 0 Å². The fraction of sp³-hybridized carbons (Fsp3) is 0.933. The molecule has 0 rings (SSSR count). The van der Waals surface area contributed by atoms with Gasteiger partial charge in [-0.3, -0.25) is 0 Å². The molecule has 22 heavy (non-hydrogen) atoms. The van der Waals surface area contributed by atoms with E-state index in [1.165, 1.54) is 0 Å². The number of carbonyl (C=O) groups is 1. The van der Waals surface area contributed by atoms with Gasteiger partial charge in [0.05, 0.1) is 5.75 Å². The van der Waals surface area contributed by atoms with Gasteiger partial charge >= 0.3 is 6.09 Å². The zero-order chi connectivity index (χ0) is 17.4. The monoisotopic (exact) mass is 336 g/mol. The summed E-state index contributed by atoms with van der Waals surface area (Å²) in [6.07, 6.45) is 1.34. The number of alkyl carbamates (subject to hydrolysis) is 1. The standard InChI is InChI=1S/C15H32N2O4S/c1-7-9-13(10-16-14(18)21-15(4,5)6)17-12(3)11-22(19,20)8-2/h12-13,17H,7-11H2,1-6H3,(H,16,18). The van der Waals surface area contributed by atoms with Crippen molar-refractivity contribution >= 4 is 15.9 Å². The van der Waals surface area contributed by atoms with E-state index in [9.17, 15) is 13.2 Å². The molecule has 0 saturated carbocycles. The average molecular weight is 336 g/mol. The maximum atomic E-state index is 11.7. The minimum Gasteiger partial charge on any atom is -0.444 e. The van der Waals surface area contributed by atoms with E-state index in [-0.39, 0.29) is 23.6 Å². The number of amides is 1. The molecule has 0 aromatic carbocycles. The summed E-state index contributed by atoms with van der Waals surface area (Å²) in [6, 6.07) is -0.124. The van der Waals surface area contributed by atoms with Crippen molar-refractivity contribution in [3.8, 4) is 0 Å². The average Bonchev–Trinajstić information content (AvgIpc) is 2.33. The molecule has 2 N–H and O–H groups in total. The molecule has 0 aliphatic rings. The molecular weight excluding hydrogens is 304 g/mol. The highest BCUT2D eigenvalue weighted by Gasteiger charge is 2.20. The maximum absolute atomic E-state index is 11.7. The van der Waals surface area contributed by atoms with Crippen molar-refractivity contribution in [1.29, 1.82) is 0 Å². The number of sulfone groups is 1. The molecule has 0 aromatic rings. The van der Waals surface area contributed by atoms with Crippen LogP contribution in [-0.4, -0.2) is 50.2 Å². The van der Waals surface area contributed by atoms with E-state index in [2.05, 4.69) is 17.6 Å². The van der Waals surface area contributed by atoms with Gasteiger partial charge in [0.2, 0.25) is 0 Å². The molecule has 0 heterocycles. The summed E-state index contributed by atoms with van der Waals surface area (Å²) in [5.74, 6) is 0.254. The molecule has 2 atom stereocenters. The Balaban J connectivity index is 4.40. The number of nitrogens with one attached hydrogen (secondary N) is 2. The Morgan fingerprint density at radius 1 is 1.23 bits per heavy atom. The number of hydrogen-bond acceptors (Lipinski definition) is 5. The third-order valence-corrected chi connectivity index (χ3v) is 4.88. The second-order valence-electron chi connectivity index (χ2n) is 6.64. The molecule has 1 amide bonds. The molecule has 2 unspecified atom stereocenters. The highest BCUT2D eigenvalue weighted by atomic mass is 32.2. The van der Waals surface area contributed by atoms with Gasteiger partial charge in [0.15, 0.2) is 9.84 Å². The fourth-order valence-corrected chi connectivity index (χ4v) is 3.16. The Morgan fingerprint density at radius 2 is 1.82 bits per heavy atom. The van der Waals surface area contributed by atoms with E-state index in [0.717, 1.165) is 12.8 Å². The SMILES string of the molecule is CCCC(CNC(=O)OC(C)(C)C)NC(C)CS(=O)(=O)CC. The van der Waals surface area contributed by atoms with E-state index in [1.54, 1.807) is 6.92 Å². The summed E-state index contributed by atoms with van der Waals surface area (Å²) >= 11 is 0. The summed E-state index contributed by atoms with van der Waals surface area (Å²) in [6.45, 7) is 11.4. The van der Waals surface area contributed by atoms with Gasteiger partial charge in [0.1, 0.15) is 5.60 Å². The van der Waals surface area contributed by atoms with Gasteiger partial charge in [-0.1, -0.05) is 20.3 Å². The quantitative estimate of drug-likeness (QED) is 0.673. The third-order valence-electron chi connectivity index (χ3n) is 2.99. The second-order valence-corrected chi connectivity index (χ2v) is 9.03. The molecule has 0 aliphatic heterocycles. The van der Waals surface area contributed by atoms with Gasteiger partial charge < -0.3 is 15.4 Å². The van der Waals surface area contributed by atoms with Crippen LogP contribution in [0.5, 0.6) is 0 Å². The van der Waals surface area contributed by atoms with Crippen LogP contribution >= 0.6 is 0 Å². The number of ether oxygens (including phenoxy) is 1. The zero-order valence-electron chi connectivity index (χ0n) is 14.7. The van der Waals surface area contributed by atoms with Gasteiger partial charge in [-0.2, -0.15) is 0 Å². The third kappa shape index (κ3) is 10.8. The number of hydrogen-bond donors (Lipinski definition) is 2. The molecule has 0 aromatic heterocycles. The molecule has 6 nitrogen and oxygen atoms in total. The summed E-state index contributed by atoms with van der Waals surface area (Å²) in [5, 5.41) is 6.01. The largest absolute Gasteiger partial charge is 0.444 e. The summed E-state index contributed by atoms with van der Waals surface area (Å²) in [4.78, 5) is 11.7. The van der Waals surface area contributed by atoms with Crippen molar-refractivity contribution in [2.45, 2.75) is 72.1 Å². The van der Waals surface area contributed by atoms with Crippen molar-refractivity contribution in [2.24, 2.45) is 0 Å². The van der Waals surface area contributed by atoms with Crippen LogP contribution in [0.1, 0.15) is 54.4 Å².